The molecular weight excluding hydrogens is 238 g/mol. The summed E-state index contributed by atoms with van der Waals surface area (Å²) < 4.78 is 0. The average Bonchev–Trinajstić information content (AvgIpc) is 2.43. The van der Waals surface area contributed by atoms with Crippen molar-refractivity contribution in [1.82, 2.24) is 10.3 Å². The molecule has 1 heterocycles. The topological polar surface area (TPSA) is 68.0 Å². The van der Waals surface area contributed by atoms with Gasteiger partial charge in [-0.05, 0) is 36.2 Å². The van der Waals surface area contributed by atoms with E-state index in [1.807, 2.05) is 31.2 Å². The van der Waals surface area contributed by atoms with Crippen molar-refractivity contribution in [3.05, 3.63) is 59.4 Å². The van der Waals surface area contributed by atoms with Crippen LogP contribution in [0.3, 0.4) is 0 Å². The summed E-state index contributed by atoms with van der Waals surface area (Å²) in [5.41, 5.74) is 9.19. The number of anilines is 1. The highest BCUT2D eigenvalue weighted by molar-refractivity contribution is 5.98. The molecule has 0 saturated carbocycles. The molecule has 0 unspecified atom stereocenters. The van der Waals surface area contributed by atoms with E-state index >= 15 is 0 Å². The summed E-state index contributed by atoms with van der Waals surface area (Å²) in [4.78, 5) is 15.9. The van der Waals surface area contributed by atoms with Gasteiger partial charge < -0.3 is 11.1 Å². The first-order chi connectivity index (χ1) is 9.16. The van der Waals surface area contributed by atoms with Gasteiger partial charge in [0.05, 0.1) is 6.54 Å². The van der Waals surface area contributed by atoms with Crippen LogP contribution >= 0.6 is 0 Å². The second-order valence-electron chi connectivity index (χ2n) is 4.45. The van der Waals surface area contributed by atoms with Crippen molar-refractivity contribution in [2.24, 2.45) is 0 Å². The lowest BCUT2D eigenvalue weighted by atomic mass is 10.1. The van der Waals surface area contributed by atoms with E-state index < -0.39 is 0 Å². The molecule has 1 aromatic carbocycles. The number of aryl methyl sites for hydroxylation is 1. The summed E-state index contributed by atoms with van der Waals surface area (Å²) >= 11 is 0. The largest absolute Gasteiger partial charge is 0.398 e. The molecule has 0 saturated heterocycles. The van der Waals surface area contributed by atoms with Gasteiger partial charge in [-0.1, -0.05) is 12.1 Å². The quantitative estimate of drug-likeness (QED) is 0.633. The van der Waals surface area contributed by atoms with Crippen LogP contribution in [0, 0.1) is 6.92 Å². The number of pyridine rings is 1. The first kappa shape index (κ1) is 13.2. The van der Waals surface area contributed by atoms with Gasteiger partial charge in [-0.15, -0.1) is 0 Å². The van der Waals surface area contributed by atoms with Crippen molar-refractivity contribution in [2.45, 2.75) is 13.5 Å². The highest BCUT2D eigenvalue weighted by Crippen LogP contribution is 2.13. The minimum absolute atomic E-state index is 0.0424. The first-order valence-corrected chi connectivity index (χ1v) is 6.16. The monoisotopic (exact) mass is 255 g/mol. The average molecular weight is 255 g/mol. The number of nitrogens with one attached hydrogen (secondary N) is 1. The van der Waals surface area contributed by atoms with Gasteiger partial charge in [-0.3, -0.25) is 9.78 Å². The normalized spacial score (nSPS) is 10.4. The summed E-state index contributed by atoms with van der Waals surface area (Å²) in [6, 6.07) is 9.24. The maximum Gasteiger partial charge on any atom is 0.176 e. The van der Waals surface area contributed by atoms with Crippen molar-refractivity contribution in [2.75, 3.05) is 12.3 Å². The molecule has 0 bridgehead atoms. The lowest BCUT2D eigenvalue weighted by Crippen LogP contribution is -2.22. The lowest BCUT2D eigenvalue weighted by molar-refractivity contribution is 0.0991. The van der Waals surface area contributed by atoms with E-state index in [0.717, 1.165) is 11.1 Å². The van der Waals surface area contributed by atoms with Crippen LogP contribution in [0.15, 0.2) is 42.7 Å². The van der Waals surface area contributed by atoms with Crippen LogP contribution in [0.25, 0.3) is 0 Å². The number of nitrogens with two attached hydrogens (primary N) is 1. The van der Waals surface area contributed by atoms with Gasteiger partial charge in [0.2, 0.25) is 0 Å². The molecule has 4 nitrogen and oxygen atoms in total. The first-order valence-electron chi connectivity index (χ1n) is 6.16. The van der Waals surface area contributed by atoms with Crippen LogP contribution in [-0.2, 0) is 6.54 Å². The molecule has 0 aliphatic carbocycles. The highest BCUT2D eigenvalue weighted by Gasteiger charge is 2.06. The van der Waals surface area contributed by atoms with Crippen molar-refractivity contribution >= 4 is 11.5 Å². The molecule has 1 aromatic heterocycles. The molecule has 98 valence electrons. The van der Waals surface area contributed by atoms with Crippen LogP contribution in [-0.4, -0.2) is 17.3 Å². The molecule has 4 heteroatoms. The fourth-order valence-electron chi connectivity index (χ4n) is 1.74. The predicted molar refractivity (Wildman–Crippen MR) is 75.9 cm³/mol. The Hall–Kier alpha value is -2.20. The van der Waals surface area contributed by atoms with Gasteiger partial charge >= 0.3 is 0 Å². The lowest BCUT2D eigenvalue weighted by Gasteiger charge is -2.06. The van der Waals surface area contributed by atoms with Gasteiger partial charge in [-0.2, -0.15) is 0 Å². The standard InChI is InChI=1S/C15H17N3O/c1-11-2-3-13(8-14(11)16)15(19)10-18-9-12-4-6-17-7-5-12/h2-8,18H,9-10,16H2,1H3. The van der Waals surface area contributed by atoms with Crippen LogP contribution in [0.2, 0.25) is 0 Å². The second-order valence-corrected chi connectivity index (χ2v) is 4.45. The Bertz CT molecular complexity index is 567. The number of Topliss-reactive ketones (excluding diaryl/α,β-unsaturated/α-hetero) is 1. The summed E-state index contributed by atoms with van der Waals surface area (Å²) in [6.45, 7) is 2.87. The Morgan fingerprint density at radius 3 is 2.68 bits per heavy atom. The third kappa shape index (κ3) is 3.63. The van der Waals surface area contributed by atoms with Gasteiger partial charge in [0.1, 0.15) is 0 Å². The number of carbonyl (C=O) groups excluding carboxylic acids is 1. The van der Waals surface area contributed by atoms with Gasteiger partial charge in [0.25, 0.3) is 0 Å². The highest BCUT2D eigenvalue weighted by atomic mass is 16.1. The maximum absolute atomic E-state index is 12.0. The fraction of sp³-hybridized carbons (Fsp3) is 0.200. The molecule has 2 rings (SSSR count). The van der Waals surface area contributed by atoms with Crippen molar-refractivity contribution < 1.29 is 4.79 Å². The molecule has 0 amide bonds. The molecular formula is C15H17N3O. The van der Waals surface area contributed by atoms with E-state index in [1.165, 1.54) is 0 Å². The van der Waals surface area contributed by atoms with Crippen molar-refractivity contribution in [3.8, 4) is 0 Å². The van der Waals surface area contributed by atoms with Gasteiger partial charge in [0, 0.05) is 30.2 Å². The molecule has 0 aliphatic rings. The Labute approximate surface area is 112 Å². The Kier molecular flexibility index (Phi) is 4.26. The van der Waals surface area contributed by atoms with E-state index in [2.05, 4.69) is 10.3 Å². The number of rotatable bonds is 5. The van der Waals surface area contributed by atoms with E-state index in [9.17, 15) is 4.79 Å². The Balaban J connectivity index is 1.89. The Morgan fingerprint density at radius 2 is 2.00 bits per heavy atom. The molecule has 0 spiro atoms. The van der Waals surface area contributed by atoms with Crippen LogP contribution in [0.1, 0.15) is 21.5 Å². The Morgan fingerprint density at radius 1 is 1.26 bits per heavy atom. The van der Waals surface area contributed by atoms with Gasteiger partial charge in [0.15, 0.2) is 5.78 Å². The SMILES string of the molecule is Cc1ccc(C(=O)CNCc2ccncc2)cc1N. The third-order valence-corrected chi connectivity index (χ3v) is 2.97. The zero-order chi connectivity index (χ0) is 13.7. The summed E-state index contributed by atoms with van der Waals surface area (Å²) in [5, 5.41) is 3.12. The van der Waals surface area contributed by atoms with Gasteiger partial charge in [-0.25, -0.2) is 0 Å². The van der Waals surface area contributed by atoms with E-state index in [1.54, 1.807) is 18.5 Å². The second kappa shape index (κ2) is 6.11. The number of ketones is 1. The molecule has 0 fully saturated rings. The summed E-state index contributed by atoms with van der Waals surface area (Å²) in [7, 11) is 0. The molecule has 2 aromatic rings. The minimum atomic E-state index is 0.0424. The number of hydrogen-bond donors (Lipinski definition) is 2. The molecule has 0 radical (unpaired) electrons. The molecule has 3 N–H and O–H groups in total. The third-order valence-electron chi connectivity index (χ3n) is 2.97. The molecule has 0 atom stereocenters. The predicted octanol–water partition coefficient (Wildman–Crippen LogP) is 1.94. The van der Waals surface area contributed by atoms with Crippen molar-refractivity contribution in [3.63, 3.8) is 0 Å². The molecule has 0 aliphatic heterocycles. The molecule has 19 heavy (non-hydrogen) atoms. The number of hydrogen-bond acceptors (Lipinski definition) is 4. The van der Waals surface area contributed by atoms with Crippen LogP contribution in [0.5, 0.6) is 0 Å². The number of benzene rings is 1. The van der Waals surface area contributed by atoms with E-state index in [0.29, 0.717) is 24.3 Å². The zero-order valence-corrected chi connectivity index (χ0v) is 10.9. The van der Waals surface area contributed by atoms with Crippen LogP contribution in [0.4, 0.5) is 5.69 Å². The van der Waals surface area contributed by atoms with E-state index in [4.69, 9.17) is 5.73 Å². The van der Waals surface area contributed by atoms with Crippen LogP contribution < -0.4 is 11.1 Å². The summed E-state index contributed by atoms with van der Waals surface area (Å²) in [5.74, 6) is 0.0424. The van der Waals surface area contributed by atoms with E-state index in [-0.39, 0.29) is 5.78 Å². The fourth-order valence-corrected chi connectivity index (χ4v) is 1.74. The number of nitrogen functional groups attached to an aromatic ring is 1. The number of carbonyl (C=O) groups is 1. The smallest absolute Gasteiger partial charge is 0.176 e. The zero-order valence-electron chi connectivity index (χ0n) is 10.9. The summed E-state index contributed by atoms with van der Waals surface area (Å²) in [6.07, 6.45) is 3.47. The minimum Gasteiger partial charge on any atom is -0.398 e. The maximum atomic E-state index is 12.0. The number of nitrogens with zero attached hydrogens (tertiary/aromatic N) is 1. The van der Waals surface area contributed by atoms with Crippen molar-refractivity contribution in [1.29, 1.82) is 0 Å². The number of aromatic nitrogens is 1.